The van der Waals surface area contributed by atoms with Crippen LogP contribution in [-0.2, 0) is 5.75 Å². The molecule has 0 bridgehead atoms. The Morgan fingerprint density at radius 1 is 1.39 bits per heavy atom. The third kappa shape index (κ3) is 5.19. The van der Waals surface area contributed by atoms with Crippen LogP contribution in [0.1, 0.15) is 25.8 Å². The van der Waals surface area contributed by atoms with E-state index in [2.05, 4.69) is 25.2 Å². The molecule has 0 aromatic heterocycles. The van der Waals surface area contributed by atoms with Crippen molar-refractivity contribution >= 4 is 23.4 Å². The molecule has 0 saturated heterocycles. The summed E-state index contributed by atoms with van der Waals surface area (Å²) in [6.07, 6.45) is 0.951. The number of hydrogen-bond donors (Lipinski definition) is 2. The lowest BCUT2D eigenvalue weighted by Crippen LogP contribution is -2.46. The van der Waals surface area contributed by atoms with Crippen molar-refractivity contribution in [2.24, 2.45) is 0 Å². The van der Waals surface area contributed by atoms with Gasteiger partial charge in [0.2, 0.25) is 0 Å². The van der Waals surface area contributed by atoms with Crippen molar-refractivity contribution in [2.75, 3.05) is 18.9 Å². The highest BCUT2D eigenvalue weighted by Gasteiger charge is 2.20. The molecule has 1 aromatic carbocycles. The fraction of sp³-hybridized carbons (Fsp3) is 0.571. The zero-order valence-electron chi connectivity index (χ0n) is 11.1. The van der Waals surface area contributed by atoms with Gasteiger partial charge in [0, 0.05) is 16.3 Å². The number of likely N-dealkylation sites (N-methyl/N-ethyl adjacent to an activating group) is 1. The zero-order valence-corrected chi connectivity index (χ0v) is 12.7. The number of halogens is 1. The first-order chi connectivity index (χ1) is 8.61. The van der Waals surface area contributed by atoms with Gasteiger partial charge < -0.3 is 10.4 Å². The summed E-state index contributed by atoms with van der Waals surface area (Å²) in [6, 6.07) is 7.95. The Morgan fingerprint density at radius 3 is 2.72 bits per heavy atom. The Bertz CT molecular complexity index is 361. The van der Waals surface area contributed by atoms with E-state index in [0.29, 0.717) is 0 Å². The summed E-state index contributed by atoms with van der Waals surface area (Å²) in [4.78, 5) is 0. The summed E-state index contributed by atoms with van der Waals surface area (Å²) in [5.74, 6) is 1.93. The van der Waals surface area contributed by atoms with Crippen LogP contribution < -0.4 is 5.32 Å². The smallest absolute Gasteiger partial charge is 0.0610 e. The molecule has 0 saturated carbocycles. The minimum Gasteiger partial charge on any atom is -0.394 e. The van der Waals surface area contributed by atoms with Gasteiger partial charge >= 0.3 is 0 Å². The number of nitrogens with one attached hydrogen (secondary N) is 1. The molecular weight excluding hydrogens is 266 g/mol. The van der Waals surface area contributed by atoms with Crippen LogP contribution in [0.15, 0.2) is 24.3 Å². The van der Waals surface area contributed by atoms with Crippen LogP contribution >= 0.6 is 23.4 Å². The van der Waals surface area contributed by atoms with Crippen LogP contribution in [0.25, 0.3) is 0 Å². The first kappa shape index (κ1) is 15.8. The van der Waals surface area contributed by atoms with E-state index in [-0.39, 0.29) is 12.1 Å². The number of aliphatic hydroxyl groups excluding tert-OH is 1. The van der Waals surface area contributed by atoms with Gasteiger partial charge in [-0.2, -0.15) is 11.8 Å². The average Bonchev–Trinajstić information content (AvgIpc) is 2.37. The number of hydrogen-bond acceptors (Lipinski definition) is 3. The molecule has 0 heterocycles. The average molecular weight is 288 g/mol. The van der Waals surface area contributed by atoms with E-state index in [4.69, 9.17) is 11.6 Å². The highest BCUT2D eigenvalue weighted by Crippen LogP contribution is 2.22. The van der Waals surface area contributed by atoms with E-state index in [1.165, 1.54) is 5.56 Å². The lowest BCUT2D eigenvalue weighted by atomic mass is 10.0. The van der Waals surface area contributed by atoms with E-state index < -0.39 is 0 Å². The van der Waals surface area contributed by atoms with E-state index in [0.717, 1.165) is 29.5 Å². The summed E-state index contributed by atoms with van der Waals surface area (Å²) in [7, 11) is 0. The standard InChI is InChI=1S/C14H22ClNOS/c1-3-16-14(2,11-17)8-9-18-10-12-6-4-5-7-13(12)15/h4-7,16-17H,3,8-11H2,1-2H3. The maximum atomic E-state index is 9.38. The van der Waals surface area contributed by atoms with Crippen molar-refractivity contribution in [2.45, 2.75) is 31.6 Å². The quantitative estimate of drug-likeness (QED) is 0.720. The van der Waals surface area contributed by atoms with Crippen molar-refractivity contribution in [3.05, 3.63) is 34.9 Å². The summed E-state index contributed by atoms with van der Waals surface area (Å²) in [5, 5.41) is 13.5. The third-order valence-electron chi connectivity index (χ3n) is 2.97. The van der Waals surface area contributed by atoms with E-state index >= 15 is 0 Å². The van der Waals surface area contributed by atoms with Crippen molar-refractivity contribution < 1.29 is 5.11 Å². The van der Waals surface area contributed by atoms with Gasteiger partial charge in [0.25, 0.3) is 0 Å². The Labute approximate surface area is 119 Å². The van der Waals surface area contributed by atoms with Gasteiger partial charge in [-0.25, -0.2) is 0 Å². The Hall–Kier alpha value is -0.220. The second-order valence-corrected chi connectivity index (χ2v) is 6.16. The summed E-state index contributed by atoms with van der Waals surface area (Å²) >= 11 is 7.96. The molecule has 18 heavy (non-hydrogen) atoms. The number of thioether (sulfide) groups is 1. The molecule has 102 valence electrons. The van der Waals surface area contributed by atoms with Crippen molar-refractivity contribution in [3.63, 3.8) is 0 Å². The summed E-state index contributed by atoms with van der Waals surface area (Å²) in [6.45, 7) is 5.18. The van der Waals surface area contributed by atoms with E-state index in [1.807, 2.05) is 30.0 Å². The van der Waals surface area contributed by atoms with Gasteiger partial charge in [0.05, 0.1) is 6.61 Å². The molecule has 0 radical (unpaired) electrons. The highest BCUT2D eigenvalue weighted by molar-refractivity contribution is 7.98. The minimum atomic E-state index is -0.164. The maximum absolute atomic E-state index is 9.38. The predicted molar refractivity (Wildman–Crippen MR) is 81.4 cm³/mol. The van der Waals surface area contributed by atoms with Crippen LogP contribution in [0.4, 0.5) is 0 Å². The lowest BCUT2D eigenvalue weighted by Gasteiger charge is -2.28. The first-order valence-corrected chi connectivity index (χ1v) is 7.81. The topological polar surface area (TPSA) is 32.3 Å². The Kier molecular flexibility index (Phi) is 7.08. The number of aliphatic hydroxyl groups is 1. The third-order valence-corrected chi connectivity index (χ3v) is 4.34. The van der Waals surface area contributed by atoms with Gasteiger partial charge in [-0.1, -0.05) is 36.7 Å². The number of benzene rings is 1. The maximum Gasteiger partial charge on any atom is 0.0610 e. The SMILES string of the molecule is CCNC(C)(CO)CCSCc1ccccc1Cl. The van der Waals surface area contributed by atoms with E-state index in [9.17, 15) is 5.11 Å². The van der Waals surface area contributed by atoms with Crippen molar-refractivity contribution in [1.82, 2.24) is 5.32 Å². The van der Waals surface area contributed by atoms with Crippen molar-refractivity contribution in [1.29, 1.82) is 0 Å². The number of rotatable bonds is 8. The van der Waals surface area contributed by atoms with Crippen molar-refractivity contribution in [3.8, 4) is 0 Å². The Morgan fingerprint density at radius 2 is 2.11 bits per heavy atom. The van der Waals surface area contributed by atoms with Crippen LogP contribution in [0.3, 0.4) is 0 Å². The molecule has 2 N–H and O–H groups in total. The second-order valence-electron chi connectivity index (χ2n) is 4.64. The molecule has 0 spiro atoms. The highest BCUT2D eigenvalue weighted by atomic mass is 35.5. The minimum absolute atomic E-state index is 0.164. The van der Waals surface area contributed by atoms with Crippen LogP contribution in [0.2, 0.25) is 5.02 Å². The monoisotopic (exact) mass is 287 g/mol. The molecular formula is C14H22ClNOS. The molecule has 0 aliphatic carbocycles. The fourth-order valence-corrected chi connectivity index (χ4v) is 3.24. The van der Waals surface area contributed by atoms with Gasteiger partial charge in [-0.15, -0.1) is 0 Å². The molecule has 1 rings (SSSR count). The molecule has 4 heteroatoms. The first-order valence-electron chi connectivity index (χ1n) is 6.28. The lowest BCUT2D eigenvalue weighted by molar-refractivity contribution is 0.173. The van der Waals surface area contributed by atoms with Gasteiger partial charge in [0.1, 0.15) is 0 Å². The molecule has 0 fully saturated rings. The molecule has 0 aliphatic heterocycles. The van der Waals surface area contributed by atoms with Gasteiger partial charge in [-0.05, 0) is 37.3 Å². The summed E-state index contributed by atoms with van der Waals surface area (Å²) < 4.78 is 0. The normalized spacial score (nSPS) is 14.4. The zero-order chi connectivity index (χ0) is 13.4. The molecule has 1 aromatic rings. The van der Waals surface area contributed by atoms with Gasteiger partial charge in [0.15, 0.2) is 0 Å². The molecule has 0 aliphatic rings. The van der Waals surface area contributed by atoms with E-state index in [1.54, 1.807) is 0 Å². The summed E-state index contributed by atoms with van der Waals surface area (Å²) in [5.41, 5.74) is 1.01. The second kappa shape index (κ2) is 8.05. The van der Waals surface area contributed by atoms with Gasteiger partial charge in [-0.3, -0.25) is 0 Å². The predicted octanol–water partition coefficient (Wildman–Crippen LogP) is 3.32. The fourth-order valence-electron chi connectivity index (χ4n) is 1.75. The molecule has 1 atom stereocenters. The van der Waals surface area contributed by atoms with Crippen LogP contribution in [0.5, 0.6) is 0 Å². The molecule has 2 nitrogen and oxygen atoms in total. The van der Waals surface area contributed by atoms with Crippen LogP contribution in [-0.4, -0.2) is 29.5 Å². The largest absolute Gasteiger partial charge is 0.394 e. The van der Waals surface area contributed by atoms with Crippen LogP contribution in [0, 0.1) is 0 Å². The Balaban J connectivity index is 2.32. The molecule has 1 unspecified atom stereocenters. The molecule has 0 amide bonds.